The van der Waals surface area contributed by atoms with Gasteiger partial charge in [0.1, 0.15) is 0 Å². The number of amidine groups is 1. The van der Waals surface area contributed by atoms with Crippen molar-refractivity contribution in [2.45, 2.75) is 32.4 Å². The predicted molar refractivity (Wildman–Crippen MR) is 72.6 cm³/mol. The molecule has 0 radical (unpaired) electrons. The van der Waals surface area contributed by atoms with Crippen molar-refractivity contribution in [1.29, 1.82) is 0 Å². The fourth-order valence-electron chi connectivity index (χ4n) is 1.47. The molecule has 0 amide bonds. The smallest absolute Gasteiger partial charge is 0.443 e. The molecule has 1 rings (SSSR count). The summed E-state index contributed by atoms with van der Waals surface area (Å²) in [7, 11) is 0. The molecule has 0 aromatic heterocycles. The Labute approximate surface area is 124 Å². The number of aliphatic hydroxyl groups excluding tert-OH is 1. The lowest BCUT2D eigenvalue weighted by molar-refractivity contribution is -0.133. The number of phenols is 1. The third-order valence-electron chi connectivity index (χ3n) is 2.42. The van der Waals surface area contributed by atoms with Gasteiger partial charge in [-0.25, -0.2) is 0 Å². The Balaban J connectivity index is 0.00000361. The molecule has 0 heterocycles. The minimum Gasteiger partial charge on any atom is -1.00 e. The number of rotatable bonds is 4. The molecule has 0 bridgehead atoms. The third kappa shape index (κ3) is 6.10. The Kier molecular flexibility index (Phi) is 6.78. The van der Waals surface area contributed by atoms with Gasteiger partial charge in [-0.05, 0) is 38.5 Å². The molecule has 0 spiro atoms. The molecule has 114 valence electrons. The van der Waals surface area contributed by atoms with Crippen molar-refractivity contribution in [3.8, 4) is 11.5 Å². The fourth-order valence-corrected chi connectivity index (χ4v) is 1.47. The highest BCUT2D eigenvalue weighted by atomic mass is 35.5. The van der Waals surface area contributed by atoms with Crippen LogP contribution >= 0.6 is 0 Å². The van der Waals surface area contributed by atoms with Crippen LogP contribution in [-0.4, -0.2) is 28.3 Å². The highest BCUT2D eigenvalue weighted by Gasteiger charge is 2.16. The van der Waals surface area contributed by atoms with Gasteiger partial charge in [0, 0.05) is 12.1 Å². The van der Waals surface area contributed by atoms with E-state index in [0.29, 0.717) is 12.1 Å². The largest absolute Gasteiger partial charge is 1.00 e. The quantitative estimate of drug-likeness (QED) is 0.290. The number of phenolic OH excluding ortho intramolecular Hbond substituents is 1. The van der Waals surface area contributed by atoms with Crippen LogP contribution in [0.1, 0.15) is 32.4 Å². The summed E-state index contributed by atoms with van der Waals surface area (Å²) < 4.78 is 4.97. The van der Waals surface area contributed by atoms with E-state index in [2.05, 4.69) is 5.32 Å². The van der Waals surface area contributed by atoms with Crippen LogP contribution in [-0.2, 0) is 0 Å². The van der Waals surface area contributed by atoms with Crippen molar-refractivity contribution in [3.05, 3.63) is 23.8 Å². The number of aliphatic hydroxyl groups is 1. The molecule has 7 heteroatoms. The van der Waals surface area contributed by atoms with Gasteiger partial charge in [-0.3, -0.25) is 11.1 Å². The topological polar surface area (TPSA) is 113 Å². The summed E-state index contributed by atoms with van der Waals surface area (Å²) in [4.78, 5) is 0. The van der Waals surface area contributed by atoms with E-state index in [1.54, 1.807) is 6.07 Å². The maximum Gasteiger partial charge on any atom is 0.443 e. The fraction of sp³-hybridized carbons (Fsp3) is 0.462. The molecule has 6 nitrogen and oxygen atoms in total. The van der Waals surface area contributed by atoms with Gasteiger partial charge in [-0.2, -0.15) is 0 Å². The van der Waals surface area contributed by atoms with Crippen molar-refractivity contribution < 1.29 is 32.8 Å². The monoisotopic (exact) mass is 303 g/mol. The molecule has 0 aliphatic rings. The zero-order valence-electron chi connectivity index (χ0n) is 11.9. The van der Waals surface area contributed by atoms with E-state index in [4.69, 9.17) is 15.9 Å². The van der Waals surface area contributed by atoms with Crippen molar-refractivity contribution in [1.82, 2.24) is 5.32 Å². The molecule has 1 aromatic rings. The van der Waals surface area contributed by atoms with Gasteiger partial charge in [0.05, 0.1) is 6.10 Å². The number of benzene rings is 1. The molecule has 1 unspecified atom stereocenters. The average molecular weight is 304 g/mol. The molecular formula is C13H22ClN3O3. The molecule has 0 saturated heterocycles. The number of β-amino-alcohol motifs (C(OH)–C–C–N with tert-alkyl or cyclic N) is 1. The van der Waals surface area contributed by atoms with Crippen LogP contribution in [0.5, 0.6) is 11.5 Å². The van der Waals surface area contributed by atoms with E-state index >= 15 is 0 Å². The van der Waals surface area contributed by atoms with Crippen molar-refractivity contribution >= 4 is 6.02 Å². The van der Waals surface area contributed by atoms with E-state index in [1.165, 1.54) is 12.1 Å². The van der Waals surface area contributed by atoms with Crippen LogP contribution in [0.25, 0.3) is 0 Å². The Bertz CT molecular complexity index is 461. The molecule has 0 aliphatic carbocycles. The summed E-state index contributed by atoms with van der Waals surface area (Å²) in [6.45, 7) is 6.41. The maximum atomic E-state index is 10.1. The van der Waals surface area contributed by atoms with E-state index in [1.807, 2.05) is 20.8 Å². The van der Waals surface area contributed by atoms with E-state index in [9.17, 15) is 10.2 Å². The predicted octanol–water partition coefficient (Wildman–Crippen LogP) is -3.73. The molecule has 7 N–H and O–H groups in total. The number of nitrogens with one attached hydrogen (secondary N) is 1. The van der Waals surface area contributed by atoms with Gasteiger partial charge in [-0.1, -0.05) is 6.07 Å². The second-order valence-corrected chi connectivity index (χ2v) is 5.38. The van der Waals surface area contributed by atoms with Crippen molar-refractivity contribution in [3.63, 3.8) is 0 Å². The zero-order valence-corrected chi connectivity index (χ0v) is 12.6. The van der Waals surface area contributed by atoms with Crippen molar-refractivity contribution in [2.75, 3.05) is 6.54 Å². The highest BCUT2D eigenvalue weighted by molar-refractivity contribution is 5.68. The van der Waals surface area contributed by atoms with Crippen LogP contribution < -0.4 is 33.6 Å². The standard InChI is InChI=1S/C13H21N3O3.ClH/c1-13(2,3)16-7-10(18)8-4-5-9(17)11(6-8)19-12(14)15;/h4-6,10,16-18H,7H2,1-3H3,(H3,14,15);1H. The van der Waals surface area contributed by atoms with Gasteiger partial charge in [0.2, 0.25) is 0 Å². The molecule has 20 heavy (non-hydrogen) atoms. The maximum absolute atomic E-state index is 10.1. The Hall–Kier alpha value is -1.50. The van der Waals surface area contributed by atoms with Crippen molar-refractivity contribution in [2.24, 2.45) is 5.73 Å². The van der Waals surface area contributed by atoms with Crippen LogP contribution in [0.4, 0.5) is 0 Å². The lowest BCUT2D eigenvalue weighted by atomic mass is 10.1. The second-order valence-electron chi connectivity index (χ2n) is 5.38. The summed E-state index contributed by atoms with van der Waals surface area (Å²) in [6.07, 6.45) is -0.721. The van der Waals surface area contributed by atoms with Crippen LogP contribution in [0, 0.1) is 0 Å². The number of halogens is 1. The highest BCUT2D eigenvalue weighted by Crippen LogP contribution is 2.29. The molecule has 0 aliphatic heterocycles. The second kappa shape index (κ2) is 7.33. The summed E-state index contributed by atoms with van der Waals surface area (Å²) >= 11 is 0. The molecule has 0 saturated carbocycles. The van der Waals surface area contributed by atoms with Gasteiger partial charge < -0.3 is 32.7 Å². The number of aromatic hydroxyl groups is 1. The van der Waals surface area contributed by atoms with E-state index in [0.717, 1.165) is 0 Å². The average Bonchev–Trinajstić information content (AvgIpc) is 2.27. The molecule has 1 atom stereocenters. The summed E-state index contributed by atoms with van der Waals surface area (Å²) in [5, 5.41) is 28.1. The van der Waals surface area contributed by atoms with Gasteiger partial charge >= 0.3 is 6.02 Å². The summed E-state index contributed by atoms with van der Waals surface area (Å²) in [5.41, 5.74) is 5.73. The normalized spacial score (nSPS) is 12.4. The Morgan fingerprint density at radius 2 is 2.05 bits per heavy atom. The minimum absolute atomic E-state index is 0. The first-order chi connectivity index (χ1) is 8.69. The molecular weight excluding hydrogens is 282 g/mol. The first kappa shape index (κ1) is 18.5. The van der Waals surface area contributed by atoms with Gasteiger partial charge in [0.25, 0.3) is 0 Å². The molecule has 1 aromatic carbocycles. The summed E-state index contributed by atoms with van der Waals surface area (Å²) in [5.74, 6) is 0.0282. The van der Waals surface area contributed by atoms with Crippen LogP contribution in [0.3, 0.4) is 0 Å². The minimum atomic E-state index is -0.721. The third-order valence-corrected chi connectivity index (χ3v) is 2.42. The number of ether oxygens (including phenoxy) is 1. The first-order valence-electron chi connectivity index (χ1n) is 6.01. The summed E-state index contributed by atoms with van der Waals surface area (Å²) in [6, 6.07) is 4.27. The number of nitrogens with two attached hydrogens (primary N) is 2. The Morgan fingerprint density at radius 1 is 1.45 bits per heavy atom. The lowest BCUT2D eigenvalue weighted by Gasteiger charge is -2.23. The van der Waals surface area contributed by atoms with E-state index in [-0.39, 0.29) is 35.5 Å². The van der Waals surface area contributed by atoms with Crippen LogP contribution in [0.2, 0.25) is 0 Å². The Morgan fingerprint density at radius 3 is 2.55 bits per heavy atom. The lowest BCUT2D eigenvalue weighted by Crippen LogP contribution is -3.00. The van der Waals surface area contributed by atoms with Crippen LogP contribution in [0.15, 0.2) is 18.2 Å². The van der Waals surface area contributed by atoms with Gasteiger partial charge in [-0.15, -0.1) is 0 Å². The van der Waals surface area contributed by atoms with Gasteiger partial charge in [0.15, 0.2) is 11.5 Å². The first-order valence-corrected chi connectivity index (χ1v) is 6.01. The SMILES string of the molecule is CC(C)(C)NCC(O)c1ccc(O)c(OC(N)=[NH2+])c1.[Cl-]. The number of hydrogen-bond acceptors (Lipinski definition) is 4. The number of hydrogen-bond donors (Lipinski definition) is 5. The van der Waals surface area contributed by atoms with E-state index < -0.39 is 6.10 Å². The zero-order chi connectivity index (χ0) is 14.6. The molecule has 0 fully saturated rings.